The Bertz CT molecular complexity index is 639. The minimum atomic E-state index is 0. The molecule has 5 nitrogen and oxygen atoms in total. The molecule has 22 heavy (non-hydrogen) atoms. The maximum atomic E-state index is 5.86. The second kappa shape index (κ2) is 8.77. The van der Waals surface area contributed by atoms with Crippen LogP contribution in [0.4, 0.5) is 5.82 Å². The van der Waals surface area contributed by atoms with Crippen LogP contribution in [0.1, 0.15) is 18.9 Å². The highest BCUT2D eigenvalue weighted by Crippen LogP contribution is 2.22. The number of halogens is 1. The summed E-state index contributed by atoms with van der Waals surface area (Å²) in [5, 5.41) is 4.21. The number of benzene rings is 1. The summed E-state index contributed by atoms with van der Waals surface area (Å²) in [7, 11) is 3.97. The van der Waals surface area contributed by atoms with Crippen LogP contribution < -0.4 is 16.0 Å². The first kappa shape index (κ1) is 18.5. The number of aromatic nitrogens is 1. The van der Waals surface area contributed by atoms with Gasteiger partial charge in [0.25, 0.3) is 0 Å². The van der Waals surface area contributed by atoms with Gasteiger partial charge in [-0.1, -0.05) is 25.1 Å². The first-order valence-electron chi connectivity index (χ1n) is 7.21. The van der Waals surface area contributed by atoms with E-state index >= 15 is 0 Å². The number of nitrogens with zero attached hydrogens (tertiary/aromatic N) is 3. The number of anilines is 1. The van der Waals surface area contributed by atoms with Gasteiger partial charge in [-0.3, -0.25) is 0 Å². The lowest BCUT2D eigenvalue weighted by Crippen LogP contribution is -2.32. The van der Waals surface area contributed by atoms with E-state index in [1.165, 1.54) is 0 Å². The van der Waals surface area contributed by atoms with E-state index in [-0.39, 0.29) is 24.0 Å². The molecule has 0 radical (unpaired) electrons. The summed E-state index contributed by atoms with van der Waals surface area (Å²) >= 11 is 0. The van der Waals surface area contributed by atoms with Gasteiger partial charge >= 0.3 is 0 Å². The molecule has 0 bridgehead atoms. The van der Waals surface area contributed by atoms with Crippen LogP contribution in [0.2, 0.25) is 0 Å². The Morgan fingerprint density at radius 3 is 2.73 bits per heavy atom. The Morgan fingerprint density at radius 2 is 2.05 bits per heavy atom. The SMILES string of the molecule is CCCNC(N)=NCc1cc(N(C)C)nc2ccccc12.I. The van der Waals surface area contributed by atoms with Gasteiger partial charge in [0.15, 0.2) is 5.96 Å². The number of hydrogen-bond acceptors (Lipinski definition) is 3. The van der Waals surface area contributed by atoms with Crippen LogP contribution in [0, 0.1) is 0 Å². The van der Waals surface area contributed by atoms with Crippen molar-refractivity contribution in [3.63, 3.8) is 0 Å². The fraction of sp³-hybridized carbons (Fsp3) is 0.375. The zero-order valence-corrected chi connectivity index (χ0v) is 15.7. The van der Waals surface area contributed by atoms with Crippen molar-refractivity contribution in [3.8, 4) is 0 Å². The summed E-state index contributed by atoms with van der Waals surface area (Å²) in [6, 6.07) is 10.2. The number of rotatable bonds is 5. The largest absolute Gasteiger partial charge is 0.370 e. The average molecular weight is 413 g/mol. The van der Waals surface area contributed by atoms with Crippen molar-refractivity contribution in [2.75, 3.05) is 25.5 Å². The molecule has 2 aromatic rings. The van der Waals surface area contributed by atoms with Gasteiger partial charge in [-0.15, -0.1) is 24.0 Å². The summed E-state index contributed by atoms with van der Waals surface area (Å²) in [5.74, 6) is 1.42. The van der Waals surface area contributed by atoms with E-state index < -0.39 is 0 Å². The summed E-state index contributed by atoms with van der Waals surface area (Å²) in [6.45, 7) is 3.49. The lowest BCUT2D eigenvalue weighted by atomic mass is 10.1. The van der Waals surface area contributed by atoms with Crippen LogP contribution in [0.15, 0.2) is 35.3 Å². The summed E-state index contributed by atoms with van der Waals surface area (Å²) in [6.07, 6.45) is 1.03. The molecule has 0 aliphatic heterocycles. The molecule has 0 aliphatic carbocycles. The number of pyridine rings is 1. The molecule has 0 fully saturated rings. The van der Waals surface area contributed by atoms with E-state index in [1.54, 1.807) is 0 Å². The van der Waals surface area contributed by atoms with Gasteiger partial charge in [-0.05, 0) is 24.1 Å². The minimum absolute atomic E-state index is 0. The van der Waals surface area contributed by atoms with Crippen molar-refractivity contribution >= 4 is 46.7 Å². The zero-order valence-electron chi connectivity index (χ0n) is 13.3. The topological polar surface area (TPSA) is 66.5 Å². The fourth-order valence-corrected chi connectivity index (χ4v) is 2.07. The molecule has 1 heterocycles. The Morgan fingerprint density at radius 1 is 1.32 bits per heavy atom. The van der Waals surface area contributed by atoms with E-state index in [0.29, 0.717) is 12.5 Å². The highest BCUT2D eigenvalue weighted by Gasteiger charge is 2.06. The molecule has 6 heteroatoms. The normalized spacial score (nSPS) is 11.1. The number of hydrogen-bond donors (Lipinski definition) is 2. The second-order valence-corrected chi connectivity index (χ2v) is 5.18. The Kier molecular flexibility index (Phi) is 7.37. The van der Waals surface area contributed by atoms with E-state index in [1.807, 2.05) is 37.2 Å². The lowest BCUT2D eigenvalue weighted by molar-refractivity contribution is 0.825. The third kappa shape index (κ3) is 4.72. The van der Waals surface area contributed by atoms with Crippen LogP contribution in [0.25, 0.3) is 10.9 Å². The molecule has 120 valence electrons. The van der Waals surface area contributed by atoms with E-state index in [4.69, 9.17) is 5.73 Å². The summed E-state index contributed by atoms with van der Waals surface area (Å²) in [5.41, 5.74) is 7.97. The van der Waals surface area contributed by atoms with Crippen molar-refractivity contribution in [1.82, 2.24) is 10.3 Å². The summed E-state index contributed by atoms with van der Waals surface area (Å²) < 4.78 is 0. The minimum Gasteiger partial charge on any atom is -0.370 e. The van der Waals surface area contributed by atoms with Crippen LogP contribution in [0.5, 0.6) is 0 Å². The van der Waals surface area contributed by atoms with Crippen molar-refractivity contribution < 1.29 is 0 Å². The van der Waals surface area contributed by atoms with Gasteiger partial charge < -0.3 is 16.0 Å². The quantitative estimate of drug-likeness (QED) is 0.450. The van der Waals surface area contributed by atoms with Crippen molar-refractivity contribution in [1.29, 1.82) is 0 Å². The van der Waals surface area contributed by atoms with E-state index in [2.05, 4.69) is 34.3 Å². The van der Waals surface area contributed by atoms with Crippen LogP contribution in [-0.4, -0.2) is 31.6 Å². The number of nitrogens with two attached hydrogens (primary N) is 1. The predicted octanol–water partition coefficient (Wildman–Crippen LogP) is 2.73. The predicted molar refractivity (Wildman–Crippen MR) is 105 cm³/mol. The molecule has 0 unspecified atom stereocenters. The standard InChI is InChI=1S/C16H23N5.HI/c1-4-9-18-16(17)19-11-12-10-15(21(2)3)20-14-8-6-5-7-13(12)14;/h5-8,10H,4,9,11H2,1-3H3,(H3,17,18,19);1H. The Labute approximate surface area is 149 Å². The molecule has 1 aromatic carbocycles. The third-order valence-electron chi connectivity index (χ3n) is 3.22. The molecule has 0 aliphatic rings. The lowest BCUT2D eigenvalue weighted by Gasteiger charge is -2.14. The van der Waals surface area contributed by atoms with Crippen molar-refractivity contribution in [2.45, 2.75) is 19.9 Å². The van der Waals surface area contributed by atoms with Crippen LogP contribution in [-0.2, 0) is 6.54 Å². The average Bonchev–Trinajstić information content (AvgIpc) is 2.50. The van der Waals surface area contributed by atoms with Gasteiger partial charge in [0, 0.05) is 26.0 Å². The molecule has 0 atom stereocenters. The molecule has 0 spiro atoms. The van der Waals surface area contributed by atoms with Crippen molar-refractivity contribution in [2.24, 2.45) is 10.7 Å². The Hall–Kier alpha value is -1.57. The smallest absolute Gasteiger partial charge is 0.188 e. The van der Waals surface area contributed by atoms with Gasteiger partial charge in [-0.2, -0.15) is 0 Å². The highest BCUT2D eigenvalue weighted by molar-refractivity contribution is 14.0. The fourth-order valence-electron chi connectivity index (χ4n) is 2.07. The number of guanidine groups is 1. The second-order valence-electron chi connectivity index (χ2n) is 5.18. The molecule has 0 amide bonds. The monoisotopic (exact) mass is 413 g/mol. The van der Waals surface area contributed by atoms with Gasteiger partial charge in [0.1, 0.15) is 5.82 Å². The molecular formula is C16H24IN5. The highest BCUT2D eigenvalue weighted by atomic mass is 127. The Balaban J connectivity index is 0.00000242. The summed E-state index contributed by atoms with van der Waals surface area (Å²) in [4.78, 5) is 11.1. The van der Waals surface area contributed by atoms with Crippen LogP contribution >= 0.6 is 24.0 Å². The zero-order chi connectivity index (χ0) is 15.2. The molecule has 2 rings (SSSR count). The maximum absolute atomic E-state index is 5.86. The molecule has 0 saturated heterocycles. The van der Waals surface area contributed by atoms with Crippen LogP contribution in [0.3, 0.4) is 0 Å². The van der Waals surface area contributed by atoms with Crippen molar-refractivity contribution in [3.05, 3.63) is 35.9 Å². The number of fused-ring (bicyclic) bond motifs is 1. The number of para-hydroxylation sites is 1. The number of aliphatic imine (C=N–C) groups is 1. The maximum Gasteiger partial charge on any atom is 0.188 e. The van der Waals surface area contributed by atoms with Gasteiger partial charge in [-0.25, -0.2) is 9.98 Å². The number of nitrogens with one attached hydrogen (secondary N) is 1. The third-order valence-corrected chi connectivity index (χ3v) is 3.22. The molecule has 3 N–H and O–H groups in total. The molecule has 0 saturated carbocycles. The first-order valence-corrected chi connectivity index (χ1v) is 7.21. The first-order chi connectivity index (χ1) is 10.1. The van der Waals surface area contributed by atoms with E-state index in [9.17, 15) is 0 Å². The van der Waals surface area contributed by atoms with Gasteiger partial charge in [0.2, 0.25) is 0 Å². The van der Waals surface area contributed by atoms with Gasteiger partial charge in [0.05, 0.1) is 12.1 Å². The molecule has 1 aromatic heterocycles. The molecular weight excluding hydrogens is 389 g/mol. The van der Waals surface area contributed by atoms with E-state index in [0.717, 1.165) is 35.2 Å².